The topological polar surface area (TPSA) is 49.9 Å². The summed E-state index contributed by atoms with van der Waals surface area (Å²) in [5, 5.41) is 0. The molecule has 1 atom stereocenters. The van der Waals surface area contributed by atoms with Crippen molar-refractivity contribution < 1.29 is 14.3 Å². The number of nitrogens with zero attached hydrogens (tertiary/aromatic N) is 2. The third-order valence-corrected chi connectivity index (χ3v) is 6.23. The van der Waals surface area contributed by atoms with Crippen molar-refractivity contribution in [2.45, 2.75) is 77.4 Å². The molecule has 0 aromatic heterocycles. The van der Waals surface area contributed by atoms with E-state index in [4.69, 9.17) is 4.74 Å². The number of likely N-dealkylation sites (tertiary alicyclic amines) is 2. The zero-order chi connectivity index (χ0) is 20.7. The summed E-state index contributed by atoms with van der Waals surface area (Å²) in [5.74, 6) is 1.05. The van der Waals surface area contributed by atoms with Crippen molar-refractivity contribution in [2.24, 2.45) is 0 Å². The minimum absolute atomic E-state index is 0.0822. The summed E-state index contributed by atoms with van der Waals surface area (Å²) in [7, 11) is 1.84. The second kappa shape index (κ2) is 7.41. The molecule has 5 heteroatoms. The van der Waals surface area contributed by atoms with Gasteiger partial charge in [0.1, 0.15) is 11.3 Å². The number of carbonyl (C=O) groups excluding carboxylic acids is 2. The maximum atomic E-state index is 13.6. The maximum absolute atomic E-state index is 13.6. The lowest BCUT2D eigenvalue weighted by atomic mass is 9.85. The van der Waals surface area contributed by atoms with E-state index in [-0.39, 0.29) is 11.8 Å². The molecule has 3 rings (SSSR count). The Hall–Kier alpha value is -2.04. The zero-order valence-corrected chi connectivity index (χ0v) is 18.2. The van der Waals surface area contributed by atoms with Gasteiger partial charge in [0.05, 0.1) is 0 Å². The van der Waals surface area contributed by atoms with Gasteiger partial charge in [0.25, 0.3) is 5.91 Å². The van der Waals surface area contributed by atoms with Gasteiger partial charge in [-0.1, -0.05) is 26.0 Å². The average molecular weight is 387 g/mol. The summed E-state index contributed by atoms with van der Waals surface area (Å²) >= 11 is 0. The van der Waals surface area contributed by atoms with Crippen LogP contribution in [0, 0.1) is 6.92 Å². The molecule has 0 radical (unpaired) electrons. The molecule has 2 aliphatic heterocycles. The lowest BCUT2D eigenvalue weighted by Gasteiger charge is -2.45. The van der Waals surface area contributed by atoms with Crippen molar-refractivity contribution in [3.8, 4) is 5.75 Å². The van der Waals surface area contributed by atoms with Gasteiger partial charge in [-0.25, -0.2) is 0 Å². The second-order valence-electron chi connectivity index (χ2n) is 9.23. The molecule has 1 aromatic carbocycles. The Kier molecular flexibility index (Phi) is 5.48. The van der Waals surface area contributed by atoms with Crippen molar-refractivity contribution in [2.75, 3.05) is 20.1 Å². The molecule has 1 unspecified atom stereocenters. The fourth-order valence-electron chi connectivity index (χ4n) is 4.68. The fourth-order valence-corrected chi connectivity index (χ4v) is 4.68. The molecular formula is C23H34N2O3. The summed E-state index contributed by atoms with van der Waals surface area (Å²) in [5.41, 5.74) is 0.476. The average Bonchev–Trinajstić information content (AvgIpc) is 3.02. The quantitative estimate of drug-likeness (QED) is 0.789. The van der Waals surface area contributed by atoms with Gasteiger partial charge in [0.2, 0.25) is 5.91 Å². The van der Waals surface area contributed by atoms with Crippen molar-refractivity contribution in [1.29, 1.82) is 0 Å². The lowest BCUT2D eigenvalue weighted by molar-refractivity contribution is -0.161. The van der Waals surface area contributed by atoms with Crippen molar-refractivity contribution in [1.82, 2.24) is 9.80 Å². The highest BCUT2D eigenvalue weighted by Crippen LogP contribution is 2.40. The number of benzene rings is 1. The minimum atomic E-state index is -1.04. The van der Waals surface area contributed by atoms with Crippen LogP contribution in [-0.4, -0.2) is 52.9 Å². The fraction of sp³-hybridized carbons (Fsp3) is 0.652. The van der Waals surface area contributed by atoms with Crippen molar-refractivity contribution >= 4 is 11.8 Å². The first-order valence-electron chi connectivity index (χ1n) is 10.5. The van der Waals surface area contributed by atoms with Gasteiger partial charge in [0.15, 0.2) is 5.60 Å². The molecule has 1 spiro atoms. The summed E-state index contributed by atoms with van der Waals surface area (Å²) in [6, 6.07) is 6.15. The second-order valence-corrected chi connectivity index (χ2v) is 9.23. The van der Waals surface area contributed by atoms with Gasteiger partial charge < -0.3 is 14.5 Å². The van der Waals surface area contributed by atoms with Crippen LogP contribution in [0.2, 0.25) is 0 Å². The first-order chi connectivity index (χ1) is 13.1. The molecule has 2 amide bonds. The Labute approximate surface area is 169 Å². The van der Waals surface area contributed by atoms with E-state index in [0.29, 0.717) is 12.5 Å². The van der Waals surface area contributed by atoms with E-state index in [0.717, 1.165) is 49.1 Å². The molecule has 2 aliphatic rings. The Morgan fingerprint density at radius 3 is 2.46 bits per heavy atom. The van der Waals surface area contributed by atoms with Crippen LogP contribution < -0.4 is 4.74 Å². The Balaban J connectivity index is 1.89. The van der Waals surface area contributed by atoms with Crippen LogP contribution in [-0.2, 0) is 9.59 Å². The Morgan fingerprint density at radius 1 is 1.18 bits per heavy atom. The highest BCUT2D eigenvalue weighted by molar-refractivity contribution is 5.95. The molecule has 0 saturated carbocycles. The molecule has 154 valence electrons. The van der Waals surface area contributed by atoms with E-state index in [1.165, 1.54) is 0 Å². The zero-order valence-electron chi connectivity index (χ0n) is 18.2. The number of hydrogen-bond donors (Lipinski definition) is 0. The Bertz CT molecular complexity index is 771. The van der Waals surface area contributed by atoms with Crippen molar-refractivity contribution in [3.05, 3.63) is 29.3 Å². The van der Waals surface area contributed by atoms with E-state index in [1.54, 1.807) is 4.90 Å². The summed E-state index contributed by atoms with van der Waals surface area (Å²) < 4.78 is 6.33. The van der Waals surface area contributed by atoms with Gasteiger partial charge in [-0.3, -0.25) is 9.59 Å². The maximum Gasteiger partial charge on any atom is 0.267 e. The van der Waals surface area contributed by atoms with Gasteiger partial charge in [-0.05, 0) is 69.6 Å². The third kappa shape index (κ3) is 3.51. The van der Waals surface area contributed by atoms with E-state index in [9.17, 15) is 9.59 Å². The minimum Gasteiger partial charge on any atom is -0.478 e. The number of likely N-dealkylation sites (N-methyl/N-ethyl adjacent to an activating group) is 1. The first kappa shape index (κ1) is 20.7. The van der Waals surface area contributed by atoms with Crippen LogP contribution in [0.4, 0.5) is 0 Å². The highest BCUT2D eigenvalue weighted by atomic mass is 16.5. The summed E-state index contributed by atoms with van der Waals surface area (Å²) in [6.07, 6.45) is 3.30. The van der Waals surface area contributed by atoms with Crippen LogP contribution in [0.25, 0.3) is 0 Å². The predicted octanol–water partition coefficient (Wildman–Crippen LogP) is 3.89. The van der Waals surface area contributed by atoms with E-state index >= 15 is 0 Å². The van der Waals surface area contributed by atoms with Gasteiger partial charge >= 0.3 is 0 Å². The van der Waals surface area contributed by atoms with Gasteiger partial charge in [-0.2, -0.15) is 0 Å². The monoisotopic (exact) mass is 386 g/mol. The van der Waals surface area contributed by atoms with Crippen LogP contribution >= 0.6 is 0 Å². The number of piperidine rings is 1. The van der Waals surface area contributed by atoms with E-state index < -0.39 is 11.1 Å². The molecular weight excluding hydrogens is 352 g/mol. The molecule has 0 N–H and O–H groups in total. The van der Waals surface area contributed by atoms with E-state index in [1.807, 2.05) is 38.8 Å². The van der Waals surface area contributed by atoms with Crippen LogP contribution in [0.5, 0.6) is 5.75 Å². The van der Waals surface area contributed by atoms with Gasteiger partial charge in [-0.15, -0.1) is 0 Å². The molecule has 0 bridgehead atoms. The SMILES string of the molecule is Cc1ccc(C(C)C)c(OC(C)(C)C(=O)N2CCCC23CCCN(C)C3=O)c1. The number of carbonyl (C=O) groups is 2. The highest BCUT2D eigenvalue weighted by Gasteiger charge is 2.54. The lowest BCUT2D eigenvalue weighted by Crippen LogP contribution is -2.64. The molecule has 2 fully saturated rings. The normalized spacial score (nSPS) is 23.0. The van der Waals surface area contributed by atoms with Crippen molar-refractivity contribution in [3.63, 3.8) is 0 Å². The number of hydrogen-bond acceptors (Lipinski definition) is 3. The standard InChI is InChI=1S/C23H34N2O3/c1-16(2)18-10-9-17(3)15-19(18)28-22(4,5)20(26)25-14-8-12-23(25)11-7-13-24(6)21(23)27/h9-10,15-16H,7-8,11-14H2,1-6H3. The summed E-state index contributed by atoms with van der Waals surface area (Å²) in [6.45, 7) is 11.3. The smallest absolute Gasteiger partial charge is 0.267 e. The number of aryl methyl sites for hydroxylation is 1. The number of amides is 2. The van der Waals surface area contributed by atoms with E-state index in [2.05, 4.69) is 26.0 Å². The first-order valence-corrected chi connectivity index (χ1v) is 10.5. The van der Waals surface area contributed by atoms with Crippen LogP contribution in [0.15, 0.2) is 18.2 Å². The Morgan fingerprint density at radius 2 is 1.82 bits per heavy atom. The summed E-state index contributed by atoms with van der Waals surface area (Å²) in [4.78, 5) is 30.2. The molecule has 0 aliphatic carbocycles. The third-order valence-electron chi connectivity index (χ3n) is 6.23. The predicted molar refractivity (Wildman–Crippen MR) is 111 cm³/mol. The molecule has 2 saturated heterocycles. The molecule has 1 aromatic rings. The number of ether oxygens (including phenoxy) is 1. The molecule has 2 heterocycles. The number of rotatable bonds is 4. The molecule has 28 heavy (non-hydrogen) atoms. The van der Waals surface area contributed by atoms with Crippen LogP contribution in [0.3, 0.4) is 0 Å². The van der Waals surface area contributed by atoms with Gasteiger partial charge in [0, 0.05) is 20.1 Å². The molecule has 5 nitrogen and oxygen atoms in total. The largest absolute Gasteiger partial charge is 0.478 e. The van der Waals surface area contributed by atoms with Crippen LogP contribution in [0.1, 0.15) is 70.4 Å².